The van der Waals surface area contributed by atoms with Gasteiger partial charge in [-0.2, -0.15) is 0 Å². The minimum Gasteiger partial charge on any atom is -0.406 e. The molecule has 45 heavy (non-hydrogen) atoms. The van der Waals surface area contributed by atoms with Crippen LogP contribution in [-0.4, -0.2) is 23.5 Å². The lowest BCUT2D eigenvalue weighted by atomic mass is 9.32. The second kappa shape index (κ2) is 10.8. The second-order valence-corrected chi connectivity index (χ2v) is 17.1. The smallest absolute Gasteiger partial charge is 0.406 e. The number of amides is 1. The lowest BCUT2D eigenvalue weighted by molar-refractivity contribution is -0.274. The number of ether oxygens (including phenoxy) is 1. The van der Waals surface area contributed by atoms with Crippen LogP contribution in [0.4, 0.5) is 13.2 Å². The number of hydrogen-bond donors (Lipinski definition) is 2. The molecule has 6 rings (SSSR count). The summed E-state index contributed by atoms with van der Waals surface area (Å²) in [4.78, 5) is 14.3. The van der Waals surface area contributed by atoms with Gasteiger partial charge in [-0.3, -0.25) is 4.79 Å². The van der Waals surface area contributed by atoms with Crippen LogP contribution in [0.15, 0.2) is 36.4 Å². The average Bonchev–Trinajstić information content (AvgIpc) is 3.36. The summed E-state index contributed by atoms with van der Waals surface area (Å²) in [5.41, 5.74) is 1.90. The van der Waals surface area contributed by atoms with E-state index in [1.807, 2.05) is 0 Å². The van der Waals surface area contributed by atoms with Gasteiger partial charge in [-0.05, 0) is 140 Å². The van der Waals surface area contributed by atoms with Crippen molar-refractivity contribution in [2.24, 2.45) is 56.7 Å². The first-order valence-electron chi connectivity index (χ1n) is 17.4. The van der Waals surface area contributed by atoms with Crippen LogP contribution in [0.2, 0.25) is 0 Å². The van der Waals surface area contributed by atoms with E-state index < -0.39 is 11.8 Å². The number of halogens is 3. The van der Waals surface area contributed by atoms with E-state index in [1.165, 1.54) is 30.5 Å². The van der Waals surface area contributed by atoms with Gasteiger partial charge < -0.3 is 15.2 Å². The minimum atomic E-state index is -4.73. The Labute approximate surface area is 268 Å². The zero-order valence-electron chi connectivity index (χ0n) is 28.2. The van der Waals surface area contributed by atoms with Crippen molar-refractivity contribution < 1.29 is 27.8 Å². The molecular weight excluding hydrogens is 575 g/mol. The highest BCUT2D eigenvalue weighted by Gasteiger charge is 2.71. The van der Waals surface area contributed by atoms with Crippen LogP contribution < -0.4 is 10.1 Å². The summed E-state index contributed by atoms with van der Waals surface area (Å²) in [5.74, 6) is 1.95. The van der Waals surface area contributed by atoms with E-state index in [1.54, 1.807) is 12.1 Å². The van der Waals surface area contributed by atoms with Crippen molar-refractivity contribution in [3.05, 3.63) is 42.0 Å². The molecule has 0 saturated heterocycles. The van der Waals surface area contributed by atoms with Crippen LogP contribution in [0.3, 0.4) is 0 Å². The molecule has 1 amide bonds. The molecular formula is C38H54F3NO3. The van der Waals surface area contributed by atoms with Crippen molar-refractivity contribution in [1.82, 2.24) is 5.32 Å². The monoisotopic (exact) mass is 629 g/mol. The summed E-state index contributed by atoms with van der Waals surface area (Å²) in [6, 6.07) is 5.78. The Hall–Kier alpha value is -2.02. The maximum Gasteiger partial charge on any atom is 0.573 e. The van der Waals surface area contributed by atoms with E-state index in [2.05, 4.69) is 58.2 Å². The first kappa shape index (κ1) is 32.9. The molecule has 5 aliphatic rings. The highest BCUT2D eigenvalue weighted by molar-refractivity contribution is 5.84. The van der Waals surface area contributed by atoms with Crippen LogP contribution in [0.1, 0.15) is 111 Å². The molecule has 5 saturated carbocycles. The molecule has 5 aliphatic carbocycles. The number of alkyl halides is 3. The fourth-order valence-electron chi connectivity index (χ4n) is 12.7. The fourth-order valence-corrected chi connectivity index (χ4v) is 12.7. The van der Waals surface area contributed by atoms with Crippen LogP contribution >= 0.6 is 0 Å². The standard InChI is InChI=1S/C38H54F3NO3/c1-23(2)26-14-19-37(32(44)42-22-24-8-10-25(11-9-24)45-38(39,40)41)21-20-35(6)27(31(26)37)12-13-29-34(5)17-16-30(43)33(3,4)28(34)15-18-36(29,35)7/h8-11,26-31,43H,1,12-22H2,2-7H3,(H,42,44)/t26-,27+,28-,29+,30-,31+,34-,35+,36+,37-/m0/s1. The van der Waals surface area contributed by atoms with Crippen molar-refractivity contribution in [2.45, 2.75) is 125 Å². The Morgan fingerprint density at radius 1 is 0.911 bits per heavy atom. The number of nitrogens with one attached hydrogen (secondary N) is 1. The molecule has 5 fully saturated rings. The highest BCUT2D eigenvalue weighted by atomic mass is 19.4. The Bertz CT molecular complexity index is 1320. The number of aliphatic hydroxyl groups excluding tert-OH is 1. The molecule has 0 bridgehead atoms. The van der Waals surface area contributed by atoms with Crippen LogP contribution in [0.5, 0.6) is 5.75 Å². The third kappa shape index (κ3) is 4.90. The van der Waals surface area contributed by atoms with E-state index in [-0.39, 0.29) is 51.9 Å². The normalized spacial score (nSPS) is 43.7. The van der Waals surface area contributed by atoms with E-state index in [0.29, 0.717) is 23.7 Å². The molecule has 10 atom stereocenters. The van der Waals surface area contributed by atoms with Gasteiger partial charge in [0.25, 0.3) is 0 Å². The molecule has 2 N–H and O–H groups in total. The van der Waals surface area contributed by atoms with Gasteiger partial charge in [0.2, 0.25) is 5.91 Å². The van der Waals surface area contributed by atoms with Gasteiger partial charge in [-0.15, -0.1) is 13.2 Å². The summed E-state index contributed by atoms with van der Waals surface area (Å²) in [6.07, 6.45) is 5.40. The van der Waals surface area contributed by atoms with Crippen molar-refractivity contribution in [2.75, 3.05) is 0 Å². The second-order valence-electron chi connectivity index (χ2n) is 17.1. The molecule has 0 spiro atoms. The van der Waals surface area contributed by atoms with Gasteiger partial charge in [0.05, 0.1) is 11.5 Å². The summed E-state index contributed by atoms with van der Waals surface area (Å²) in [5, 5.41) is 14.3. The largest absolute Gasteiger partial charge is 0.573 e. The van der Waals surface area contributed by atoms with Gasteiger partial charge in [0.1, 0.15) is 5.75 Å². The van der Waals surface area contributed by atoms with Gasteiger partial charge >= 0.3 is 6.36 Å². The predicted octanol–water partition coefficient (Wildman–Crippen LogP) is 9.22. The Balaban J connectivity index is 1.26. The van der Waals surface area contributed by atoms with Crippen LogP contribution in [0, 0.1) is 56.7 Å². The van der Waals surface area contributed by atoms with Crippen LogP contribution in [0.25, 0.3) is 0 Å². The number of hydrogen-bond acceptors (Lipinski definition) is 3. The third-order valence-corrected chi connectivity index (χ3v) is 15.1. The van der Waals surface area contributed by atoms with Gasteiger partial charge in [-0.25, -0.2) is 0 Å². The Morgan fingerprint density at radius 3 is 2.24 bits per heavy atom. The molecule has 7 heteroatoms. The molecule has 0 heterocycles. The number of carbonyl (C=O) groups excluding carboxylic acids is 1. The number of rotatable bonds is 5. The van der Waals surface area contributed by atoms with Crippen molar-refractivity contribution >= 4 is 5.91 Å². The molecule has 0 aromatic heterocycles. The molecule has 0 unspecified atom stereocenters. The van der Waals surface area contributed by atoms with Crippen molar-refractivity contribution in [3.8, 4) is 5.75 Å². The molecule has 4 nitrogen and oxygen atoms in total. The zero-order valence-corrected chi connectivity index (χ0v) is 28.2. The zero-order chi connectivity index (χ0) is 32.8. The molecule has 0 aliphatic heterocycles. The SMILES string of the molecule is C=C(C)[C@@H]1CC[C@]2(C(=O)NCc3ccc(OC(F)(F)F)cc3)CC[C@]3(C)[C@H](CC[C@@H]4[C@@]5(C)CC[C@H](O)C(C)(C)[C@@H]5CC[C@]43C)[C@@H]12. The highest BCUT2D eigenvalue weighted by Crippen LogP contribution is 2.77. The average molecular weight is 630 g/mol. The fraction of sp³-hybridized carbons (Fsp3) is 0.763. The van der Waals surface area contributed by atoms with E-state index in [4.69, 9.17) is 0 Å². The molecule has 0 radical (unpaired) electrons. The van der Waals surface area contributed by atoms with Crippen molar-refractivity contribution in [3.63, 3.8) is 0 Å². The quantitative estimate of drug-likeness (QED) is 0.319. The van der Waals surface area contributed by atoms with E-state index in [0.717, 1.165) is 56.9 Å². The number of benzene rings is 1. The maximum absolute atomic E-state index is 14.3. The first-order valence-corrected chi connectivity index (χ1v) is 17.4. The molecule has 1 aromatic rings. The van der Waals surface area contributed by atoms with Gasteiger partial charge in [0.15, 0.2) is 0 Å². The summed E-state index contributed by atoms with van der Waals surface area (Å²) < 4.78 is 41.9. The lowest BCUT2D eigenvalue weighted by Crippen LogP contribution is -2.67. The molecule has 1 aromatic carbocycles. The molecule has 250 valence electrons. The summed E-state index contributed by atoms with van der Waals surface area (Å²) >= 11 is 0. The predicted molar refractivity (Wildman–Crippen MR) is 170 cm³/mol. The van der Waals surface area contributed by atoms with Gasteiger partial charge in [-0.1, -0.05) is 58.9 Å². The summed E-state index contributed by atoms with van der Waals surface area (Å²) in [7, 11) is 0. The maximum atomic E-state index is 14.3. The third-order valence-electron chi connectivity index (χ3n) is 15.1. The van der Waals surface area contributed by atoms with Crippen LogP contribution in [-0.2, 0) is 11.3 Å². The lowest BCUT2D eigenvalue weighted by Gasteiger charge is -2.72. The number of fused-ring (bicyclic) bond motifs is 7. The first-order chi connectivity index (χ1) is 20.9. The summed E-state index contributed by atoms with van der Waals surface area (Å²) in [6.45, 7) is 19.2. The Morgan fingerprint density at radius 2 is 1.60 bits per heavy atom. The number of carbonyl (C=O) groups is 1. The van der Waals surface area contributed by atoms with E-state index >= 15 is 0 Å². The topological polar surface area (TPSA) is 58.6 Å². The Kier molecular flexibility index (Phi) is 7.86. The van der Waals surface area contributed by atoms with E-state index in [9.17, 15) is 23.1 Å². The number of aliphatic hydroxyl groups is 1. The minimum absolute atomic E-state index is 0.0753. The van der Waals surface area contributed by atoms with Crippen molar-refractivity contribution in [1.29, 1.82) is 0 Å². The van der Waals surface area contributed by atoms with Gasteiger partial charge in [0, 0.05) is 6.54 Å². The number of allylic oxidation sites excluding steroid dienone is 1.